The number of hydrogen-bond donors (Lipinski definition) is 1. The largest absolute Gasteiger partial charge is 0.481 e. The summed E-state index contributed by atoms with van der Waals surface area (Å²) >= 11 is 0. The number of anilines is 1. The molecule has 1 saturated heterocycles. The van der Waals surface area contributed by atoms with Crippen molar-refractivity contribution in [1.82, 2.24) is 0 Å². The van der Waals surface area contributed by atoms with E-state index in [1.54, 1.807) is 17.0 Å². The molecule has 1 unspecified atom stereocenters. The molecule has 1 aromatic rings. The second-order valence-electron chi connectivity index (χ2n) is 7.01. The Hall–Kier alpha value is -1.76. The number of benzene rings is 1. The van der Waals surface area contributed by atoms with Crippen LogP contribution in [-0.4, -0.2) is 35.9 Å². The van der Waals surface area contributed by atoms with Crippen molar-refractivity contribution in [2.75, 3.05) is 11.4 Å². The third-order valence-corrected chi connectivity index (χ3v) is 5.35. The Morgan fingerprint density at radius 3 is 2.36 bits per heavy atom. The van der Waals surface area contributed by atoms with Crippen molar-refractivity contribution in [3.8, 4) is 5.75 Å². The third-order valence-electron chi connectivity index (χ3n) is 5.35. The summed E-state index contributed by atoms with van der Waals surface area (Å²) in [5.74, 6) is 0.174. The van der Waals surface area contributed by atoms with Gasteiger partial charge >= 0.3 is 6.18 Å². The van der Waals surface area contributed by atoms with Crippen LogP contribution >= 0.6 is 0 Å². The van der Waals surface area contributed by atoms with Crippen LogP contribution in [-0.2, 0) is 4.79 Å². The highest BCUT2D eigenvalue weighted by Gasteiger charge is 2.48. The van der Waals surface area contributed by atoms with Crippen LogP contribution in [0.1, 0.15) is 39.0 Å². The lowest BCUT2D eigenvalue weighted by atomic mass is 9.72. The van der Waals surface area contributed by atoms with Gasteiger partial charge in [-0.3, -0.25) is 4.79 Å². The molecule has 1 heterocycles. The van der Waals surface area contributed by atoms with Crippen molar-refractivity contribution in [1.29, 1.82) is 0 Å². The normalized spacial score (nSPS) is 28.4. The fourth-order valence-corrected chi connectivity index (χ4v) is 3.66. The van der Waals surface area contributed by atoms with Crippen LogP contribution in [0.15, 0.2) is 24.3 Å². The van der Waals surface area contributed by atoms with Crippen molar-refractivity contribution < 1.29 is 27.8 Å². The number of amides is 1. The molecule has 1 atom stereocenters. The van der Waals surface area contributed by atoms with E-state index < -0.39 is 12.3 Å². The fraction of sp³-hybridized carbons (Fsp3) is 0.611. The van der Waals surface area contributed by atoms with Gasteiger partial charge in [-0.25, -0.2) is 0 Å². The van der Waals surface area contributed by atoms with Crippen LogP contribution < -0.4 is 9.64 Å². The number of carbonyl (C=O) groups excluding carboxylic acids is 1. The number of alkyl halides is 3. The van der Waals surface area contributed by atoms with Crippen molar-refractivity contribution >= 4 is 11.6 Å². The summed E-state index contributed by atoms with van der Waals surface area (Å²) < 4.78 is 42.5. The SMILES string of the molecule is CC(Oc1ccc(N2CCC3(CCC(O)CC3)C2=O)cc1)C(F)(F)F. The minimum atomic E-state index is -4.42. The Balaban J connectivity index is 1.68. The van der Waals surface area contributed by atoms with Gasteiger partial charge in [0.1, 0.15) is 5.75 Å². The monoisotopic (exact) mass is 357 g/mol. The van der Waals surface area contributed by atoms with Gasteiger partial charge in [0, 0.05) is 12.2 Å². The number of aliphatic hydroxyl groups excluding tert-OH is 1. The lowest BCUT2D eigenvalue weighted by Gasteiger charge is -2.33. The summed E-state index contributed by atoms with van der Waals surface area (Å²) in [6.07, 6.45) is -3.21. The molecule has 3 rings (SSSR count). The first-order valence-corrected chi connectivity index (χ1v) is 8.55. The quantitative estimate of drug-likeness (QED) is 0.898. The van der Waals surface area contributed by atoms with Gasteiger partial charge in [-0.05, 0) is 63.3 Å². The Bertz CT molecular complexity index is 621. The van der Waals surface area contributed by atoms with Crippen molar-refractivity contribution in [2.45, 2.75) is 57.4 Å². The number of rotatable bonds is 3. The third kappa shape index (κ3) is 3.61. The van der Waals surface area contributed by atoms with Gasteiger partial charge in [-0.2, -0.15) is 13.2 Å². The number of halogens is 3. The number of hydrogen-bond acceptors (Lipinski definition) is 3. The maximum atomic E-state index is 12.8. The van der Waals surface area contributed by atoms with Gasteiger partial charge in [0.2, 0.25) is 5.91 Å². The minimum Gasteiger partial charge on any atom is -0.481 e. The predicted molar refractivity (Wildman–Crippen MR) is 86.5 cm³/mol. The van der Waals surface area contributed by atoms with Gasteiger partial charge in [-0.1, -0.05) is 0 Å². The fourth-order valence-electron chi connectivity index (χ4n) is 3.66. The Morgan fingerprint density at radius 1 is 1.20 bits per heavy atom. The summed E-state index contributed by atoms with van der Waals surface area (Å²) in [6, 6.07) is 6.15. The molecule has 0 bridgehead atoms. The van der Waals surface area contributed by atoms with E-state index in [9.17, 15) is 23.1 Å². The second-order valence-corrected chi connectivity index (χ2v) is 7.01. The van der Waals surface area contributed by atoms with Crippen molar-refractivity contribution in [3.05, 3.63) is 24.3 Å². The molecule has 2 fully saturated rings. The number of carbonyl (C=O) groups is 1. The van der Waals surface area contributed by atoms with Crippen LogP contribution in [0.3, 0.4) is 0 Å². The molecule has 1 N–H and O–H groups in total. The topological polar surface area (TPSA) is 49.8 Å². The summed E-state index contributed by atoms with van der Waals surface area (Å²) in [6.45, 7) is 1.55. The van der Waals surface area contributed by atoms with Gasteiger partial charge in [-0.15, -0.1) is 0 Å². The molecular weight excluding hydrogens is 335 g/mol. The standard InChI is InChI=1S/C18H22F3NO3/c1-12(18(19,20)21)25-15-4-2-13(3-5-15)22-11-10-17(16(22)24)8-6-14(23)7-9-17/h2-5,12,14,23H,6-11H2,1H3. The molecule has 1 spiro atoms. The van der Waals surface area contributed by atoms with Gasteiger partial charge in [0.25, 0.3) is 0 Å². The molecular formula is C18H22F3NO3. The molecule has 7 heteroatoms. The zero-order chi connectivity index (χ0) is 18.2. The Morgan fingerprint density at radius 2 is 1.80 bits per heavy atom. The Kier molecular flexibility index (Phi) is 4.70. The first-order chi connectivity index (χ1) is 11.7. The highest BCUT2D eigenvalue weighted by molar-refractivity contribution is 6.00. The van der Waals surface area contributed by atoms with Crippen LogP contribution in [0.5, 0.6) is 5.75 Å². The average Bonchev–Trinajstić information content (AvgIpc) is 2.87. The van der Waals surface area contributed by atoms with Crippen molar-refractivity contribution in [3.63, 3.8) is 0 Å². The predicted octanol–water partition coefficient (Wildman–Crippen LogP) is 3.67. The van der Waals surface area contributed by atoms with Gasteiger partial charge < -0.3 is 14.7 Å². The van der Waals surface area contributed by atoms with E-state index in [0.29, 0.717) is 37.9 Å². The second kappa shape index (κ2) is 6.52. The molecule has 1 saturated carbocycles. The van der Waals surface area contributed by atoms with E-state index in [-0.39, 0.29) is 23.2 Å². The molecule has 25 heavy (non-hydrogen) atoms. The van der Waals surface area contributed by atoms with E-state index >= 15 is 0 Å². The number of ether oxygens (including phenoxy) is 1. The highest BCUT2D eigenvalue weighted by atomic mass is 19.4. The molecule has 138 valence electrons. The highest BCUT2D eigenvalue weighted by Crippen LogP contribution is 2.46. The number of nitrogens with zero attached hydrogens (tertiary/aromatic N) is 1. The molecule has 4 nitrogen and oxygen atoms in total. The lowest BCUT2D eigenvalue weighted by Crippen LogP contribution is -2.38. The van der Waals surface area contributed by atoms with Crippen molar-refractivity contribution in [2.24, 2.45) is 5.41 Å². The first kappa shape index (κ1) is 18.0. The smallest absolute Gasteiger partial charge is 0.425 e. The molecule has 0 aromatic heterocycles. The van der Waals surface area contributed by atoms with Crippen LogP contribution in [0.2, 0.25) is 0 Å². The number of aliphatic hydroxyl groups is 1. The van der Waals surface area contributed by atoms with E-state index in [1.165, 1.54) is 12.1 Å². The summed E-state index contributed by atoms with van der Waals surface area (Å²) in [5.41, 5.74) is 0.277. The zero-order valence-electron chi connectivity index (χ0n) is 14.1. The van der Waals surface area contributed by atoms with Crippen LogP contribution in [0, 0.1) is 5.41 Å². The average molecular weight is 357 g/mol. The van der Waals surface area contributed by atoms with E-state index in [1.807, 2.05) is 0 Å². The van der Waals surface area contributed by atoms with Gasteiger partial charge in [0.15, 0.2) is 6.10 Å². The first-order valence-electron chi connectivity index (χ1n) is 8.55. The molecule has 2 aliphatic rings. The minimum absolute atomic E-state index is 0.0525. The Labute approximate surface area is 144 Å². The molecule has 1 aliphatic carbocycles. The maximum Gasteiger partial charge on any atom is 0.425 e. The van der Waals surface area contributed by atoms with E-state index in [4.69, 9.17) is 4.74 Å². The molecule has 1 amide bonds. The molecule has 1 aliphatic heterocycles. The summed E-state index contributed by atoms with van der Waals surface area (Å²) in [7, 11) is 0. The van der Waals surface area contributed by atoms with E-state index in [2.05, 4.69) is 0 Å². The van der Waals surface area contributed by atoms with Gasteiger partial charge in [0.05, 0.1) is 11.5 Å². The summed E-state index contributed by atoms with van der Waals surface area (Å²) in [5, 5.41) is 9.66. The molecule has 0 radical (unpaired) electrons. The zero-order valence-corrected chi connectivity index (χ0v) is 14.1. The van der Waals surface area contributed by atoms with Crippen LogP contribution in [0.25, 0.3) is 0 Å². The van der Waals surface area contributed by atoms with Crippen LogP contribution in [0.4, 0.5) is 18.9 Å². The van der Waals surface area contributed by atoms with E-state index in [0.717, 1.165) is 13.3 Å². The molecule has 1 aromatic carbocycles. The lowest BCUT2D eigenvalue weighted by molar-refractivity contribution is -0.189. The summed E-state index contributed by atoms with van der Waals surface area (Å²) in [4.78, 5) is 14.5. The maximum absolute atomic E-state index is 12.8.